The monoisotopic (exact) mass is 327 g/mol. The summed E-state index contributed by atoms with van der Waals surface area (Å²) in [7, 11) is 1.44. The lowest BCUT2D eigenvalue weighted by Crippen LogP contribution is -2.06. The average molecular weight is 328 g/mol. The van der Waals surface area contributed by atoms with Gasteiger partial charge < -0.3 is 10.5 Å². The summed E-state index contributed by atoms with van der Waals surface area (Å²) in [4.78, 5) is 12.4. The fourth-order valence-corrected chi connectivity index (χ4v) is 2.33. The highest BCUT2D eigenvalue weighted by Gasteiger charge is 2.18. The summed E-state index contributed by atoms with van der Waals surface area (Å²) >= 11 is 12.0. The van der Waals surface area contributed by atoms with Crippen molar-refractivity contribution in [2.75, 3.05) is 12.8 Å². The topological polar surface area (TPSA) is 52.3 Å². The Balaban J connectivity index is 2.53. The Morgan fingerprint density at radius 2 is 1.86 bits per heavy atom. The summed E-state index contributed by atoms with van der Waals surface area (Å²) < 4.78 is 18.7. The molecule has 3 nitrogen and oxygen atoms in total. The fraction of sp³-hybridized carbons (Fsp3) is 0.133. The zero-order valence-corrected chi connectivity index (χ0v) is 12.8. The van der Waals surface area contributed by atoms with Crippen LogP contribution in [-0.2, 0) is 0 Å². The summed E-state index contributed by atoms with van der Waals surface area (Å²) in [5.74, 6) is -0.656. The van der Waals surface area contributed by atoms with E-state index >= 15 is 0 Å². The van der Waals surface area contributed by atoms with E-state index in [4.69, 9.17) is 33.7 Å². The van der Waals surface area contributed by atoms with Crippen LogP contribution < -0.4 is 10.5 Å². The molecular weight excluding hydrogens is 316 g/mol. The molecule has 2 aromatic rings. The number of halogens is 3. The van der Waals surface area contributed by atoms with Gasteiger partial charge in [0, 0.05) is 28.4 Å². The van der Waals surface area contributed by atoms with E-state index in [1.165, 1.54) is 32.2 Å². The second-order valence-corrected chi connectivity index (χ2v) is 5.28. The number of ketones is 1. The fourth-order valence-electron chi connectivity index (χ4n) is 1.85. The van der Waals surface area contributed by atoms with Gasteiger partial charge in [0.25, 0.3) is 0 Å². The Hall–Kier alpha value is -1.78. The molecule has 21 heavy (non-hydrogen) atoms. The van der Waals surface area contributed by atoms with Crippen LogP contribution in [0.15, 0.2) is 24.3 Å². The molecule has 0 bridgehead atoms. The van der Waals surface area contributed by atoms with E-state index in [0.29, 0.717) is 11.3 Å². The highest BCUT2D eigenvalue weighted by molar-refractivity contribution is 6.37. The number of rotatable bonds is 3. The SMILES string of the molecule is COc1cc(Cl)c(C(=O)c2cc(N)c(C)c(F)c2)cc1Cl. The molecule has 110 valence electrons. The molecule has 0 aliphatic carbocycles. The minimum atomic E-state index is -0.547. The summed E-state index contributed by atoms with van der Waals surface area (Å²) in [6.07, 6.45) is 0. The first-order valence-corrected chi connectivity index (χ1v) is 6.74. The van der Waals surface area contributed by atoms with Crippen molar-refractivity contribution in [3.8, 4) is 5.75 Å². The second-order valence-electron chi connectivity index (χ2n) is 4.47. The van der Waals surface area contributed by atoms with Gasteiger partial charge in [-0.3, -0.25) is 4.79 Å². The third-order valence-corrected chi connectivity index (χ3v) is 3.74. The number of nitrogen functional groups attached to an aromatic ring is 1. The lowest BCUT2D eigenvalue weighted by molar-refractivity contribution is 0.103. The lowest BCUT2D eigenvalue weighted by Gasteiger charge is -2.10. The van der Waals surface area contributed by atoms with Crippen LogP contribution in [0.3, 0.4) is 0 Å². The quantitative estimate of drug-likeness (QED) is 0.676. The van der Waals surface area contributed by atoms with Gasteiger partial charge >= 0.3 is 0 Å². The van der Waals surface area contributed by atoms with E-state index in [1.54, 1.807) is 0 Å². The van der Waals surface area contributed by atoms with Crippen LogP contribution >= 0.6 is 23.2 Å². The van der Waals surface area contributed by atoms with E-state index < -0.39 is 11.6 Å². The molecular formula is C15H12Cl2FNO2. The maximum absolute atomic E-state index is 13.7. The summed E-state index contributed by atoms with van der Waals surface area (Å²) in [6.45, 7) is 1.54. The van der Waals surface area contributed by atoms with Crippen LogP contribution in [0.4, 0.5) is 10.1 Å². The summed E-state index contributed by atoms with van der Waals surface area (Å²) in [5, 5.41) is 0.409. The lowest BCUT2D eigenvalue weighted by atomic mass is 10.0. The first-order valence-electron chi connectivity index (χ1n) is 5.98. The van der Waals surface area contributed by atoms with E-state index in [1.807, 2.05) is 0 Å². The molecule has 2 N–H and O–H groups in total. The van der Waals surface area contributed by atoms with E-state index in [9.17, 15) is 9.18 Å². The van der Waals surface area contributed by atoms with Crippen LogP contribution in [0.2, 0.25) is 10.0 Å². The van der Waals surface area contributed by atoms with E-state index in [2.05, 4.69) is 0 Å². The Labute approximate surface area is 131 Å². The Kier molecular flexibility index (Phi) is 4.40. The second kappa shape index (κ2) is 5.92. The molecule has 0 unspecified atom stereocenters. The first-order chi connectivity index (χ1) is 9.85. The van der Waals surface area contributed by atoms with Crippen LogP contribution in [0.1, 0.15) is 21.5 Å². The average Bonchev–Trinajstić information content (AvgIpc) is 2.45. The highest BCUT2D eigenvalue weighted by atomic mass is 35.5. The molecule has 0 amide bonds. The number of ether oxygens (including phenoxy) is 1. The van der Waals surface area contributed by atoms with Crippen LogP contribution in [-0.4, -0.2) is 12.9 Å². The number of anilines is 1. The molecule has 2 rings (SSSR count). The Bertz CT molecular complexity index is 709. The molecule has 0 saturated carbocycles. The molecule has 2 aromatic carbocycles. The number of hydrogen-bond donors (Lipinski definition) is 1. The maximum Gasteiger partial charge on any atom is 0.194 e. The van der Waals surface area contributed by atoms with Crippen molar-refractivity contribution >= 4 is 34.7 Å². The molecule has 0 aliphatic rings. The predicted molar refractivity (Wildman–Crippen MR) is 82.0 cm³/mol. The molecule has 0 radical (unpaired) electrons. The molecule has 0 saturated heterocycles. The molecule has 0 spiro atoms. The van der Waals surface area contributed by atoms with E-state index in [-0.39, 0.29) is 26.9 Å². The minimum Gasteiger partial charge on any atom is -0.495 e. The third-order valence-electron chi connectivity index (χ3n) is 3.13. The predicted octanol–water partition coefficient (Wildman–Crippen LogP) is 4.26. The highest BCUT2D eigenvalue weighted by Crippen LogP contribution is 2.32. The van der Waals surface area contributed by atoms with Gasteiger partial charge in [0.1, 0.15) is 11.6 Å². The largest absolute Gasteiger partial charge is 0.495 e. The standard InChI is InChI=1S/C15H12Cl2FNO2/c1-7-12(18)3-8(4-13(7)19)15(20)9-5-11(17)14(21-2)6-10(9)16/h3-6H,19H2,1-2H3. The van der Waals surface area contributed by atoms with Crippen molar-refractivity contribution in [1.82, 2.24) is 0 Å². The summed E-state index contributed by atoms with van der Waals surface area (Å²) in [6, 6.07) is 5.36. The smallest absolute Gasteiger partial charge is 0.194 e. The number of hydrogen-bond acceptors (Lipinski definition) is 3. The number of carbonyl (C=O) groups is 1. The van der Waals surface area contributed by atoms with Gasteiger partial charge in [-0.1, -0.05) is 23.2 Å². The first kappa shape index (κ1) is 15.6. The zero-order valence-electron chi connectivity index (χ0n) is 11.3. The number of carbonyl (C=O) groups excluding carboxylic acids is 1. The molecule has 0 aliphatic heterocycles. The Morgan fingerprint density at radius 1 is 1.19 bits per heavy atom. The molecule has 6 heteroatoms. The van der Waals surface area contributed by atoms with Gasteiger partial charge in [0.2, 0.25) is 0 Å². The van der Waals surface area contributed by atoms with Gasteiger partial charge in [0.15, 0.2) is 5.78 Å². The van der Waals surface area contributed by atoms with Crippen molar-refractivity contribution in [2.24, 2.45) is 0 Å². The zero-order chi connectivity index (χ0) is 15.7. The number of nitrogens with two attached hydrogens (primary N) is 1. The van der Waals surface area contributed by atoms with Crippen molar-refractivity contribution < 1.29 is 13.9 Å². The number of methoxy groups -OCH3 is 1. The van der Waals surface area contributed by atoms with Crippen molar-refractivity contribution in [3.05, 3.63) is 56.8 Å². The minimum absolute atomic E-state index is 0.110. The Morgan fingerprint density at radius 3 is 2.43 bits per heavy atom. The van der Waals surface area contributed by atoms with Gasteiger partial charge in [-0.15, -0.1) is 0 Å². The molecule has 0 fully saturated rings. The van der Waals surface area contributed by atoms with E-state index in [0.717, 1.165) is 6.07 Å². The normalized spacial score (nSPS) is 10.5. The molecule has 0 atom stereocenters. The van der Waals surface area contributed by atoms with Gasteiger partial charge in [0.05, 0.1) is 17.2 Å². The van der Waals surface area contributed by atoms with Gasteiger partial charge in [-0.2, -0.15) is 0 Å². The number of benzene rings is 2. The summed E-state index contributed by atoms with van der Waals surface area (Å²) in [5.41, 5.74) is 6.45. The third kappa shape index (κ3) is 2.96. The van der Waals surface area contributed by atoms with Crippen molar-refractivity contribution in [2.45, 2.75) is 6.92 Å². The van der Waals surface area contributed by atoms with Crippen LogP contribution in [0.5, 0.6) is 5.75 Å². The molecule has 0 aromatic heterocycles. The van der Waals surface area contributed by atoms with Gasteiger partial charge in [-0.25, -0.2) is 4.39 Å². The maximum atomic E-state index is 13.7. The van der Waals surface area contributed by atoms with Crippen molar-refractivity contribution in [3.63, 3.8) is 0 Å². The van der Waals surface area contributed by atoms with Crippen LogP contribution in [0, 0.1) is 12.7 Å². The van der Waals surface area contributed by atoms with Crippen molar-refractivity contribution in [1.29, 1.82) is 0 Å². The molecule has 0 heterocycles. The van der Waals surface area contributed by atoms with Gasteiger partial charge in [-0.05, 0) is 25.1 Å². The van der Waals surface area contributed by atoms with Crippen LogP contribution in [0.25, 0.3) is 0 Å².